The van der Waals surface area contributed by atoms with Crippen LogP contribution in [0, 0.1) is 13.8 Å². The maximum Gasteiger partial charge on any atom is 0.243 e. The number of hydrogen-bond donors (Lipinski definition) is 1. The summed E-state index contributed by atoms with van der Waals surface area (Å²) in [5.74, 6) is 2.45. The molecule has 0 fully saturated rings. The van der Waals surface area contributed by atoms with E-state index in [4.69, 9.17) is 18.6 Å². The van der Waals surface area contributed by atoms with E-state index in [9.17, 15) is 8.42 Å². The van der Waals surface area contributed by atoms with Crippen molar-refractivity contribution >= 4 is 16.0 Å². The molecule has 37 heavy (non-hydrogen) atoms. The van der Waals surface area contributed by atoms with E-state index in [1.807, 2.05) is 6.92 Å². The first-order valence-electron chi connectivity index (χ1n) is 11.3. The highest BCUT2D eigenvalue weighted by Crippen LogP contribution is 2.35. The summed E-state index contributed by atoms with van der Waals surface area (Å²) in [4.78, 5) is 8.48. The lowest BCUT2D eigenvalue weighted by atomic mass is 10.2. The Morgan fingerprint density at radius 3 is 2.32 bits per heavy atom. The van der Waals surface area contributed by atoms with Gasteiger partial charge in [-0.05, 0) is 50.6 Å². The van der Waals surface area contributed by atoms with Crippen LogP contribution in [0.2, 0.25) is 0 Å². The van der Waals surface area contributed by atoms with Gasteiger partial charge in [0.1, 0.15) is 28.6 Å². The van der Waals surface area contributed by atoms with Crippen molar-refractivity contribution in [3.8, 4) is 28.8 Å². The van der Waals surface area contributed by atoms with Crippen LogP contribution >= 0.6 is 0 Å². The number of nitrogens with one attached hydrogen (secondary N) is 1. The average molecular weight is 529 g/mol. The van der Waals surface area contributed by atoms with E-state index >= 15 is 0 Å². The number of aryl methyl sites for hydroxylation is 2. The third-order valence-electron chi connectivity index (χ3n) is 5.71. The van der Waals surface area contributed by atoms with Gasteiger partial charge in [-0.1, -0.05) is 0 Å². The molecule has 1 aromatic carbocycles. The first kappa shape index (κ1) is 26.1. The number of hydrogen-bond acceptors (Lipinski definition) is 10. The number of anilines is 1. The minimum Gasteiger partial charge on any atom is -0.497 e. The van der Waals surface area contributed by atoms with Crippen molar-refractivity contribution in [3.63, 3.8) is 0 Å². The molecule has 13 heteroatoms. The second kappa shape index (κ2) is 10.6. The van der Waals surface area contributed by atoms with Gasteiger partial charge in [-0.15, -0.1) is 10.2 Å². The predicted molar refractivity (Wildman–Crippen MR) is 135 cm³/mol. The van der Waals surface area contributed by atoms with Crippen LogP contribution in [0.1, 0.15) is 30.2 Å². The van der Waals surface area contributed by atoms with Crippen molar-refractivity contribution in [3.05, 3.63) is 59.9 Å². The van der Waals surface area contributed by atoms with Crippen molar-refractivity contribution in [2.24, 2.45) is 0 Å². The number of sulfonamides is 1. The van der Waals surface area contributed by atoms with Gasteiger partial charge >= 0.3 is 0 Å². The summed E-state index contributed by atoms with van der Waals surface area (Å²) < 4.78 is 53.2. The molecule has 12 nitrogen and oxygen atoms in total. The topological polar surface area (TPSA) is 143 Å². The van der Waals surface area contributed by atoms with Crippen LogP contribution in [-0.4, -0.2) is 59.7 Å². The zero-order chi connectivity index (χ0) is 26.7. The van der Waals surface area contributed by atoms with E-state index < -0.39 is 21.4 Å². The van der Waals surface area contributed by atoms with Crippen LogP contribution in [-0.2, 0) is 14.8 Å². The minimum absolute atomic E-state index is 0.0703. The lowest BCUT2D eigenvalue weighted by Crippen LogP contribution is -2.33. The van der Waals surface area contributed by atoms with Gasteiger partial charge in [0.2, 0.25) is 21.8 Å². The van der Waals surface area contributed by atoms with Crippen LogP contribution in [0.4, 0.5) is 5.95 Å². The van der Waals surface area contributed by atoms with Crippen molar-refractivity contribution in [2.45, 2.75) is 32.1 Å². The third-order valence-corrected chi connectivity index (χ3v) is 7.40. The van der Waals surface area contributed by atoms with Gasteiger partial charge in [0.05, 0.1) is 19.9 Å². The number of methoxy groups -OCH3 is 3. The highest BCUT2D eigenvalue weighted by atomic mass is 32.2. The number of nitrogens with zero attached hydrogens (tertiary/aromatic N) is 5. The highest BCUT2D eigenvalue weighted by Gasteiger charge is 2.35. The molecule has 0 amide bonds. The summed E-state index contributed by atoms with van der Waals surface area (Å²) in [6, 6.07) is 8.59. The van der Waals surface area contributed by atoms with Crippen molar-refractivity contribution < 1.29 is 27.0 Å². The fourth-order valence-corrected chi connectivity index (χ4v) is 4.83. The number of benzene rings is 1. The number of aromatic nitrogens is 5. The van der Waals surface area contributed by atoms with Crippen molar-refractivity contribution in [1.29, 1.82) is 0 Å². The van der Waals surface area contributed by atoms with Gasteiger partial charge < -0.3 is 18.6 Å². The van der Waals surface area contributed by atoms with Crippen LogP contribution < -0.4 is 14.2 Å². The largest absolute Gasteiger partial charge is 0.497 e. The molecule has 2 atom stereocenters. The molecule has 4 aromatic rings. The van der Waals surface area contributed by atoms with E-state index in [1.54, 1.807) is 49.6 Å². The molecule has 0 spiro atoms. The highest BCUT2D eigenvalue weighted by molar-refractivity contribution is 7.93. The molecule has 196 valence electrons. The molecular formula is C24H28N6O6S. The second-order valence-corrected chi connectivity index (χ2v) is 10.3. The Hall–Kier alpha value is -3.97. The normalized spacial score (nSPS) is 13.2. The summed E-state index contributed by atoms with van der Waals surface area (Å²) in [6.07, 6.45) is 2.27. The summed E-state index contributed by atoms with van der Waals surface area (Å²) in [5.41, 5.74) is 1.31. The molecule has 0 aliphatic rings. The quantitative estimate of drug-likeness (QED) is 0.325. The number of ether oxygens (including phenoxy) is 3. The molecule has 4 rings (SSSR count). The van der Waals surface area contributed by atoms with Crippen LogP contribution in [0.15, 0.2) is 47.1 Å². The molecular weight excluding hydrogens is 500 g/mol. The minimum atomic E-state index is -4.08. The Labute approximate surface area is 214 Å². The second-order valence-electron chi connectivity index (χ2n) is 8.26. The molecule has 0 aliphatic heterocycles. The maximum absolute atomic E-state index is 13.5. The van der Waals surface area contributed by atoms with E-state index in [0.29, 0.717) is 28.7 Å². The van der Waals surface area contributed by atoms with Gasteiger partial charge in [-0.25, -0.2) is 18.4 Å². The monoisotopic (exact) mass is 528 g/mol. The SMILES string of the molecule is COc1ccc(-n2c(NS(=O)(=O)C(C)C(OC)c3ncc(C)cn3)nnc2-c2ccc(C)o2)c(OC)c1. The van der Waals surface area contributed by atoms with Gasteiger partial charge in [0.25, 0.3) is 0 Å². The Morgan fingerprint density at radius 2 is 1.73 bits per heavy atom. The summed E-state index contributed by atoms with van der Waals surface area (Å²) in [6.45, 7) is 5.14. The van der Waals surface area contributed by atoms with E-state index in [1.165, 1.54) is 32.8 Å². The summed E-state index contributed by atoms with van der Waals surface area (Å²) >= 11 is 0. The van der Waals surface area contributed by atoms with E-state index in [0.717, 1.165) is 5.56 Å². The number of furan rings is 1. The van der Waals surface area contributed by atoms with Crippen molar-refractivity contribution in [2.75, 3.05) is 26.1 Å². The predicted octanol–water partition coefficient (Wildman–Crippen LogP) is 3.47. The van der Waals surface area contributed by atoms with Gasteiger partial charge in [0.15, 0.2) is 11.6 Å². The maximum atomic E-state index is 13.5. The molecule has 0 radical (unpaired) electrons. The zero-order valence-corrected chi connectivity index (χ0v) is 22.1. The summed E-state index contributed by atoms with van der Waals surface area (Å²) in [7, 11) is 0.354. The fraction of sp³-hybridized carbons (Fsp3) is 0.333. The molecule has 0 saturated carbocycles. The van der Waals surface area contributed by atoms with Gasteiger partial charge in [-0.2, -0.15) is 0 Å². The van der Waals surface area contributed by atoms with Crippen LogP contribution in [0.3, 0.4) is 0 Å². The van der Waals surface area contributed by atoms with E-state index in [-0.39, 0.29) is 17.6 Å². The molecule has 1 N–H and O–H groups in total. The molecule has 0 bridgehead atoms. The van der Waals surface area contributed by atoms with Crippen LogP contribution in [0.5, 0.6) is 11.5 Å². The number of rotatable bonds is 10. The lowest BCUT2D eigenvalue weighted by Gasteiger charge is -2.22. The van der Waals surface area contributed by atoms with Crippen molar-refractivity contribution in [1.82, 2.24) is 24.7 Å². The third kappa shape index (κ3) is 5.27. The van der Waals surface area contributed by atoms with E-state index in [2.05, 4.69) is 24.9 Å². The smallest absolute Gasteiger partial charge is 0.243 e. The first-order chi connectivity index (χ1) is 17.7. The molecule has 0 aliphatic carbocycles. The Bertz CT molecular complexity index is 1480. The van der Waals surface area contributed by atoms with Gasteiger partial charge in [-0.3, -0.25) is 9.29 Å². The standard InChI is InChI=1S/C24H28N6O6S/c1-14-12-25-22(26-13-14)21(35-6)16(3)37(31,32)29-24-28-27-23(19-10-7-15(2)36-19)30(24)18-9-8-17(33-4)11-20(18)34-5/h7-13,16,21H,1-6H3,(H,28,29). The molecule has 2 unspecified atom stereocenters. The zero-order valence-electron chi connectivity index (χ0n) is 21.3. The fourth-order valence-electron chi connectivity index (χ4n) is 3.70. The Kier molecular flexibility index (Phi) is 7.45. The van der Waals surface area contributed by atoms with Gasteiger partial charge in [0, 0.05) is 25.6 Å². The molecule has 0 saturated heterocycles. The Morgan fingerprint density at radius 1 is 1.00 bits per heavy atom. The summed E-state index contributed by atoms with van der Waals surface area (Å²) in [5, 5.41) is 7.27. The Balaban J connectivity index is 1.79. The molecule has 3 heterocycles. The lowest BCUT2D eigenvalue weighted by molar-refractivity contribution is 0.0949. The first-order valence-corrected chi connectivity index (χ1v) is 12.8. The van der Waals surface area contributed by atoms with Crippen LogP contribution in [0.25, 0.3) is 17.3 Å². The average Bonchev–Trinajstić information content (AvgIpc) is 3.50. The molecule has 3 aromatic heterocycles.